The fourth-order valence-corrected chi connectivity index (χ4v) is 4.25. The van der Waals surface area contributed by atoms with E-state index in [9.17, 15) is 0 Å². The van der Waals surface area contributed by atoms with E-state index >= 15 is 0 Å². The summed E-state index contributed by atoms with van der Waals surface area (Å²) in [4.78, 5) is 0. The zero-order valence-electron chi connectivity index (χ0n) is 8.89. The van der Waals surface area contributed by atoms with Crippen LogP contribution >= 0.6 is 0 Å². The molecule has 0 saturated heterocycles. The summed E-state index contributed by atoms with van der Waals surface area (Å²) in [5.41, 5.74) is 0. The Morgan fingerprint density at radius 1 is 1.18 bits per heavy atom. The molecule has 0 aromatic carbocycles. The third kappa shape index (κ3) is 3.39. The van der Waals surface area contributed by atoms with E-state index in [0.717, 1.165) is 12.1 Å². The van der Waals surface area contributed by atoms with Gasteiger partial charge in [0.1, 0.15) is 8.96 Å². The lowest BCUT2D eigenvalue weighted by molar-refractivity contribution is 0.283. The first kappa shape index (κ1) is 11.2. The van der Waals surface area contributed by atoms with Gasteiger partial charge >= 0.3 is 0 Å². The average Bonchev–Trinajstić information content (AvgIpc) is 1.85. The fourth-order valence-electron chi connectivity index (χ4n) is 1.83. The van der Waals surface area contributed by atoms with Crippen molar-refractivity contribution in [3.63, 3.8) is 0 Å². The maximum absolute atomic E-state index is 2.69. The van der Waals surface area contributed by atoms with Gasteiger partial charge in [-0.25, -0.2) is 0 Å². The summed E-state index contributed by atoms with van der Waals surface area (Å²) in [6.07, 6.45) is 1.28. The van der Waals surface area contributed by atoms with Gasteiger partial charge in [0.15, 0.2) is 0 Å². The SMILES string of the molecule is CCC(C)N(C(C)C)[SiH](C)C. The summed E-state index contributed by atoms with van der Waals surface area (Å²) in [5.74, 6) is 0. The minimum Gasteiger partial charge on any atom is -0.322 e. The van der Waals surface area contributed by atoms with Crippen LogP contribution in [0.1, 0.15) is 34.1 Å². The van der Waals surface area contributed by atoms with E-state index in [1.165, 1.54) is 6.42 Å². The zero-order chi connectivity index (χ0) is 9.02. The van der Waals surface area contributed by atoms with Crippen LogP contribution in [0.3, 0.4) is 0 Å². The second kappa shape index (κ2) is 4.94. The Bertz CT molecular complexity index is 93.7. The van der Waals surface area contributed by atoms with E-state index in [1.807, 2.05) is 0 Å². The molecule has 2 heteroatoms. The monoisotopic (exact) mass is 173 g/mol. The van der Waals surface area contributed by atoms with E-state index in [1.54, 1.807) is 0 Å². The van der Waals surface area contributed by atoms with Gasteiger partial charge < -0.3 is 4.57 Å². The molecule has 0 aliphatic rings. The number of rotatable bonds is 4. The van der Waals surface area contributed by atoms with Crippen molar-refractivity contribution < 1.29 is 0 Å². The Hall–Kier alpha value is 0.177. The largest absolute Gasteiger partial charge is 0.322 e. The van der Waals surface area contributed by atoms with Crippen molar-refractivity contribution in [3.05, 3.63) is 0 Å². The van der Waals surface area contributed by atoms with E-state index < -0.39 is 8.96 Å². The topological polar surface area (TPSA) is 3.24 Å². The summed E-state index contributed by atoms with van der Waals surface area (Å²) in [6.45, 7) is 14.0. The molecule has 0 aliphatic heterocycles. The Morgan fingerprint density at radius 3 is 1.73 bits per heavy atom. The predicted molar refractivity (Wildman–Crippen MR) is 55.6 cm³/mol. The number of hydrogen-bond acceptors (Lipinski definition) is 1. The van der Waals surface area contributed by atoms with Crippen LogP contribution < -0.4 is 0 Å². The van der Waals surface area contributed by atoms with Crippen LogP contribution in [-0.2, 0) is 0 Å². The summed E-state index contributed by atoms with van der Waals surface area (Å²) in [7, 11) is -0.586. The van der Waals surface area contributed by atoms with Crippen LogP contribution in [0.25, 0.3) is 0 Å². The van der Waals surface area contributed by atoms with Crippen molar-refractivity contribution in [2.24, 2.45) is 0 Å². The van der Waals surface area contributed by atoms with Gasteiger partial charge in [-0.3, -0.25) is 0 Å². The molecule has 0 heterocycles. The fraction of sp³-hybridized carbons (Fsp3) is 1.00. The van der Waals surface area contributed by atoms with Gasteiger partial charge in [0, 0.05) is 0 Å². The molecule has 0 N–H and O–H groups in total. The third-order valence-corrected chi connectivity index (χ3v) is 4.59. The average molecular weight is 173 g/mol. The first-order valence-corrected chi connectivity index (χ1v) is 7.60. The number of hydrogen-bond donors (Lipinski definition) is 0. The molecule has 0 saturated carbocycles. The molecule has 0 radical (unpaired) electrons. The van der Waals surface area contributed by atoms with Crippen LogP contribution in [0, 0.1) is 0 Å². The highest BCUT2D eigenvalue weighted by molar-refractivity contribution is 6.52. The standard InChI is InChI=1S/C9H23NSi/c1-7-9(4)10(8(2)3)11(5)6/h8-9,11H,7H2,1-6H3. The second-order valence-electron chi connectivity index (χ2n) is 3.89. The van der Waals surface area contributed by atoms with Crippen LogP contribution in [0.4, 0.5) is 0 Å². The van der Waals surface area contributed by atoms with Gasteiger partial charge in [-0.05, 0) is 18.5 Å². The van der Waals surface area contributed by atoms with Crippen LogP contribution in [0.15, 0.2) is 0 Å². The second-order valence-corrected chi connectivity index (χ2v) is 6.68. The van der Waals surface area contributed by atoms with Crippen LogP contribution in [0.5, 0.6) is 0 Å². The molecule has 0 bridgehead atoms. The van der Waals surface area contributed by atoms with E-state index in [2.05, 4.69) is 45.4 Å². The first-order valence-electron chi connectivity index (χ1n) is 4.78. The van der Waals surface area contributed by atoms with Gasteiger partial charge in [0.2, 0.25) is 0 Å². The lowest BCUT2D eigenvalue weighted by Crippen LogP contribution is -2.45. The van der Waals surface area contributed by atoms with Gasteiger partial charge in [0.05, 0.1) is 0 Å². The maximum Gasteiger partial charge on any atom is 0.106 e. The highest BCUT2D eigenvalue weighted by atomic mass is 28.3. The van der Waals surface area contributed by atoms with Crippen molar-refractivity contribution in [3.8, 4) is 0 Å². The molecule has 0 rings (SSSR count). The summed E-state index contributed by atoms with van der Waals surface area (Å²) in [6, 6.07) is 1.51. The maximum atomic E-state index is 2.69. The molecule has 1 unspecified atom stereocenters. The molecular formula is C9H23NSi. The molecule has 0 aromatic rings. The molecule has 1 nitrogen and oxygen atoms in total. The molecule has 0 spiro atoms. The van der Waals surface area contributed by atoms with Gasteiger partial charge in [-0.15, -0.1) is 0 Å². The molecule has 0 fully saturated rings. The van der Waals surface area contributed by atoms with Crippen molar-refractivity contribution >= 4 is 8.96 Å². The van der Waals surface area contributed by atoms with Gasteiger partial charge in [-0.2, -0.15) is 0 Å². The molecule has 0 aliphatic carbocycles. The number of nitrogens with zero attached hydrogens (tertiary/aromatic N) is 1. The molecular weight excluding hydrogens is 150 g/mol. The third-order valence-electron chi connectivity index (χ3n) is 2.29. The van der Waals surface area contributed by atoms with E-state index in [4.69, 9.17) is 0 Å². The summed E-state index contributed by atoms with van der Waals surface area (Å²) < 4.78 is 2.69. The van der Waals surface area contributed by atoms with E-state index in [0.29, 0.717) is 0 Å². The molecule has 0 aromatic heterocycles. The Kier molecular flexibility index (Phi) is 5.02. The van der Waals surface area contributed by atoms with Gasteiger partial charge in [0.25, 0.3) is 0 Å². The zero-order valence-corrected chi connectivity index (χ0v) is 10.0. The minimum absolute atomic E-state index is 0.586. The first-order chi connectivity index (χ1) is 5.00. The van der Waals surface area contributed by atoms with Crippen molar-refractivity contribution in [1.82, 2.24) is 4.57 Å². The highest BCUT2D eigenvalue weighted by Crippen LogP contribution is 2.10. The predicted octanol–water partition coefficient (Wildman–Crippen LogP) is 2.48. The smallest absolute Gasteiger partial charge is 0.106 e. The van der Waals surface area contributed by atoms with Crippen molar-refractivity contribution in [2.45, 2.75) is 59.3 Å². The molecule has 1 atom stereocenters. The summed E-state index contributed by atoms with van der Waals surface area (Å²) >= 11 is 0. The quantitative estimate of drug-likeness (QED) is 0.590. The Labute approximate surface area is 73.5 Å². The summed E-state index contributed by atoms with van der Waals surface area (Å²) in [5, 5.41) is 0. The Balaban J connectivity index is 4.09. The molecule has 0 amide bonds. The van der Waals surface area contributed by atoms with Crippen LogP contribution in [-0.4, -0.2) is 25.6 Å². The Morgan fingerprint density at radius 2 is 1.64 bits per heavy atom. The molecule has 11 heavy (non-hydrogen) atoms. The normalized spacial score (nSPS) is 15.0. The van der Waals surface area contributed by atoms with E-state index in [-0.39, 0.29) is 0 Å². The lowest BCUT2D eigenvalue weighted by Gasteiger charge is -2.35. The van der Waals surface area contributed by atoms with Crippen molar-refractivity contribution in [1.29, 1.82) is 0 Å². The highest BCUT2D eigenvalue weighted by Gasteiger charge is 2.18. The van der Waals surface area contributed by atoms with Crippen molar-refractivity contribution in [2.75, 3.05) is 0 Å². The minimum atomic E-state index is -0.586. The molecule has 68 valence electrons. The lowest BCUT2D eigenvalue weighted by atomic mass is 10.2. The van der Waals surface area contributed by atoms with Crippen LogP contribution in [0.2, 0.25) is 13.1 Å². The van der Waals surface area contributed by atoms with Gasteiger partial charge in [-0.1, -0.05) is 40.8 Å².